The molecule has 1 saturated heterocycles. The summed E-state index contributed by atoms with van der Waals surface area (Å²) >= 11 is 0. The Labute approximate surface area is 115 Å². The average molecular weight is 264 g/mol. The molecule has 0 bridgehead atoms. The van der Waals surface area contributed by atoms with E-state index < -0.39 is 0 Å². The smallest absolute Gasteiger partial charge is 0.146 e. The molecule has 0 aromatic heterocycles. The minimum absolute atomic E-state index is 0.112. The van der Waals surface area contributed by atoms with Crippen molar-refractivity contribution in [2.75, 3.05) is 18.0 Å². The van der Waals surface area contributed by atoms with Gasteiger partial charge in [0.25, 0.3) is 0 Å². The van der Waals surface area contributed by atoms with Gasteiger partial charge in [-0.2, -0.15) is 0 Å². The summed E-state index contributed by atoms with van der Waals surface area (Å²) < 4.78 is 14.1. The van der Waals surface area contributed by atoms with Crippen LogP contribution in [0.4, 0.5) is 10.1 Å². The SMILES string of the molecule is CCCC1CCN(c2ccc([C@@H](C)N)cc2F)CC1. The Balaban J connectivity index is 2.03. The van der Waals surface area contributed by atoms with Crippen LogP contribution in [0, 0.1) is 11.7 Å². The molecule has 19 heavy (non-hydrogen) atoms. The van der Waals surface area contributed by atoms with Crippen LogP contribution in [0.25, 0.3) is 0 Å². The Morgan fingerprint density at radius 3 is 2.58 bits per heavy atom. The van der Waals surface area contributed by atoms with Crippen LogP contribution in [0.1, 0.15) is 51.1 Å². The maximum atomic E-state index is 14.1. The Bertz CT molecular complexity index is 409. The van der Waals surface area contributed by atoms with Gasteiger partial charge in [-0.3, -0.25) is 0 Å². The number of rotatable bonds is 4. The topological polar surface area (TPSA) is 29.3 Å². The van der Waals surface area contributed by atoms with E-state index in [0.29, 0.717) is 0 Å². The van der Waals surface area contributed by atoms with Gasteiger partial charge in [-0.15, -0.1) is 0 Å². The van der Waals surface area contributed by atoms with Crippen molar-refractivity contribution in [3.63, 3.8) is 0 Å². The van der Waals surface area contributed by atoms with Gasteiger partial charge in [-0.1, -0.05) is 25.8 Å². The fourth-order valence-electron chi connectivity index (χ4n) is 2.93. The minimum atomic E-state index is -0.135. The molecule has 2 rings (SSSR count). The van der Waals surface area contributed by atoms with Crippen LogP contribution in [0.15, 0.2) is 18.2 Å². The highest BCUT2D eigenvalue weighted by atomic mass is 19.1. The highest BCUT2D eigenvalue weighted by Crippen LogP contribution is 2.28. The Morgan fingerprint density at radius 2 is 2.05 bits per heavy atom. The van der Waals surface area contributed by atoms with Crippen molar-refractivity contribution < 1.29 is 4.39 Å². The first-order valence-corrected chi connectivity index (χ1v) is 7.41. The second-order valence-electron chi connectivity index (χ2n) is 5.72. The van der Waals surface area contributed by atoms with Crippen LogP contribution in [0.5, 0.6) is 0 Å². The Kier molecular flexibility index (Phi) is 4.81. The molecule has 2 nitrogen and oxygen atoms in total. The summed E-state index contributed by atoms with van der Waals surface area (Å²) in [4.78, 5) is 2.17. The van der Waals surface area contributed by atoms with Gasteiger partial charge in [0.05, 0.1) is 5.69 Å². The highest BCUT2D eigenvalue weighted by Gasteiger charge is 2.20. The van der Waals surface area contributed by atoms with Gasteiger partial charge in [0.1, 0.15) is 5.82 Å². The lowest BCUT2D eigenvalue weighted by Gasteiger charge is -2.34. The van der Waals surface area contributed by atoms with Crippen LogP contribution >= 0.6 is 0 Å². The predicted octanol–water partition coefficient (Wildman–Crippen LogP) is 3.86. The molecule has 1 aromatic rings. The molecule has 0 unspecified atom stereocenters. The quantitative estimate of drug-likeness (QED) is 0.894. The number of anilines is 1. The molecule has 0 spiro atoms. The molecule has 0 aliphatic carbocycles. The van der Waals surface area contributed by atoms with E-state index in [0.717, 1.165) is 30.3 Å². The van der Waals surface area contributed by atoms with Crippen LogP contribution in [-0.4, -0.2) is 13.1 Å². The third-order valence-electron chi connectivity index (χ3n) is 4.15. The molecule has 2 N–H and O–H groups in total. The number of nitrogens with two attached hydrogens (primary N) is 1. The molecule has 1 atom stereocenters. The van der Waals surface area contributed by atoms with Crippen molar-refractivity contribution >= 4 is 5.69 Å². The van der Waals surface area contributed by atoms with E-state index >= 15 is 0 Å². The molecule has 0 saturated carbocycles. The first kappa shape index (κ1) is 14.3. The molecule has 1 aliphatic heterocycles. The van der Waals surface area contributed by atoms with Gasteiger partial charge in [-0.25, -0.2) is 4.39 Å². The van der Waals surface area contributed by atoms with Gasteiger partial charge >= 0.3 is 0 Å². The molecule has 106 valence electrons. The summed E-state index contributed by atoms with van der Waals surface area (Å²) in [7, 11) is 0. The second-order valence-corrected chi connectivity index (χ2v) is 5.72. The summed E-state index contributed by atoms with van der Waals surface area (Å²) in [6, 6.07) is 5.30. The predicted molar refractivity (Wildman–Crippen MR) is 78.8 cm³/mol. The van der Waals surface area contributed by atoms with Gasteiger partial charge in [0.15, 0.2) is 0 Å². The van der Waals surface area contributed by atoms with E-state index in [1.54, 1.807) is 6.07 Å². The van der Waals surface area contributed by atoms with E-state index in [4.69, 9.17) is 5.73 Å². The Morgan fingerprint density at radius 1 is 1.37 bits per heavy atom. The highest BCUT2D eigenvalue weighted by molar-refractivity contribution is 5.49. The number of hydrogen-bond acceptors (Lipinski definition) is 2. The number of nitrogens with zero attached hydrogens (tertiary/aromatic N) is 1. The summed E-state index contributed by atoms with van der Waals surface area (Å²) in [5.74, 6) is 0.691. The molecule has 1 aromatic carbocycles. The molecule has 0 radical (unpaired) electrons. The molecule has 1 fully saturated rings. The summed E-state index contributed by atoms with van der Waals surface area (Å²) in [6.45, 7) is 6.06. The largest absolute Gasteiger partial charge is 0.369 e. The third-order valence-corrected chi connectivity index (χ3v) is 4.15. The summed E-state index contributed by atoms with van der Waals surface area (Å²) in [6.07, 6.45) is 4.92. The molecule has 3 heteroatoms. The maximum Gasteiger partial charge on any atom is 0.146 e. The molecular formula is C16H25FN2. The summed E-state index contributed by atoms with van der Waals surface area (Å²) in [5.41, 5.74) is 7.38. The van der Waals surface area contributed by atoms with Crippen molar-refractivity contribution in [1.82, 2.24) is 0 Å². The third kappa shape index (κ3) is 3.47. The maximum absolute atomic E-state index is 14.1. The van der Waals surface area contributed by atoms with Crippen molar-refractivity contribution in [2.24, 2.45) is 11.7 Å². The van der Waals surface area contributed by atoms with Gasteiger partial charge in [0.2, 0.25) is 0 Å². The van der Waals surface area contributed by atoms with Crippen LogP contribution in [0.3, 0.4) is 0 Å². The first-order chi connectivity index (χ1) is 9.11. The fourth-order valence-corrected chi connectivity index (χ4v) is 2.93. The van der Waals surface area contributed by atoms with E-state index in [2.05, 4.69) is 11.8 Å². The minimum Gasteiger partial charge on any atom is -0.369 e. The number of benzene rings is 1. The normalized spacial score (nSPS) is 18.6. The standard InChI is InChI=1S/C16H25FN2/c1-3-4-13-7-9-19(10-8-13)16-6-5-14(12(2)18)11-15(16)17/h5-6,11-13H,3-4,7-10,18H2,1-2H3/t12-/m1/s1. The monoisotopic (exact) mass is 264 g/mol. The zero-order valence-corrected chi connectivity index (χ0v) is 12.0. The van der Waals surface area contributed by atoms with Crippen LogP contribution < -0.4 is 10.6 Å². The van der Waals surface area contributed by atoms with Gasteiger partial charge in [-0.05, 0) is 43.4 Å². The van der Waals surface area contributed by atoms with Crippen molar-refractivity contribution in [3.05, 3.63) is 29.6 Å². The van der Waals surface area contributed by atoms with Gasteiger partial charge in [0, 0.05) is 19.1 Å². The lowest BCUT2D eigenvalue weighted by molar-refractivity contribution is 0.376. The van der Waals surface area contributed by atoms with E-state index in [-0.39, 0.29) is 11.9 Å². The van der Waals surface area contributed by atoms with E-state index in [1.165, 1.54) is 25.7 Å². The van der Waals surface area contributed by atoms with Crippen molar-refractivity contribution in [2.45, 2.75) is 45.6 Å². The van der Waals surface area contributed by atoms with Crippen LogP contribution in [0.2, 0.25) is 0 Å². The number of hydrogen-bond donors (Lipinski definition) is 1. The molecule has 1 aliphatic rings. The molecular weight excluding hydrogens is 239 g/mol. The molecule has 0 amide bonds. The van der Waals surface area contributed by atoms with Gasteiger partial charge < -0.3 is 10.6 Å². The van der Waals surface area contributed by atoms with Crippen LogP contribution in [-0.2, 0) is 0 Å². The first-order valence-electron chi connectivity index (χ1n) is 7.41. The lowest BCUT2D eigenvalue weighted by atomic mass is 9.92. The lowest BCUT2D eigenvalue weighted by Crippen LogP contribution is -2.34. The van der Waals surface area contributed by atoms with Crippen molar-refractivity contribution in [1.29, 1.82) is 0 Å². The number of piperidine rings is 1. The average Bonchev–Trinajstić information content (AvgIpc) is 2.40. The summed E-state index contributed by atoms with van der Waals surface area (Å²) in [5, 5.41) is 0. The second kappa shape index (κ2) is 6.38. The van der Waals surface area contributed by atoms with E-state index in [1.807, 2.05) is 19.1 Å². The zero-order valence-electron chi connectivity index (χ0n) is 12.0. The van der Waals surface area contributed by atoms with E-state index in [9.17, 15) is 4.39 Å². The zero-order chi connectivity index (χ0) is 13.8. The fraction of sp³-hybridized carbons (Fsp3) is 0.625. The van der Waals surface area contributed by atoms with Crippen molar-refractivity contribution in [3.8, 4) is 0 Å². The number of halogens is 1. The molecule has 1 heterocycles. The Hall–Kier alpha value is -1.09.